The molecule has 2 rings (SSSR count). The highest BCUT2D eigenvalue weighted by Gasteiger charge is 2.18. The summed E-state index contributed by atoms with van der Waals surface area (Å²) >= 11 is 0. The maximum atomic E-state index is 12.5. The van der Waals surface area contributed by atoms with Crippen LogP contribution in [0, 0.1) is 30.9 Å². The van der Waals surface area contributed by atoms with Gasteiger partial charge in [0.05, 0.1) is 4.92 Å². The maximum absolute atomic E-state index is 12.5. The zero-order chi connectivity index (χ0) is 17.1. The zero-order valence-electron chi connectivity index (χ0n) is 13.8. The van der Waals surface area contributed by atoms with Crippen molar-refractivity contribution < 1.29 is 9.72 Å². The summed E-state index contributed by atoms with van der Waals surface area (Å²) in [5, 5.41) is 11.0. The third-order valence-electron chi connectivity index (χ3n) is 3.91. The third kappa shape index (κ3) is 3.74. The van der Waals surface area contributed by atoms with Crippen molar-refractivity contribution >= 4 is 11.6 Å². The van der Waals surface area contributed by atoms with Gasteiger partial charge in [0.25, 0.3) is 11.6 Å². The Bertz CT molecular complexity index is 769. The van der Waals surface area contributed by atoms with Crippen molar-refractivity contribution in [3.8, 4) is 0 Å². The van der Waals surface area contributed by atoms with Crippen molar-refractivity contribution in [2.45, 2.75) is 27.3 Å². The van der Waals surface area contributed by atoms with Crippen LogP contribution in [0.15, 0.2) is 36.4 Å². The maximum Gasteiger partial charge on any atom is 0.273 e. The molecule has 5 heteroatoms. The first-order chi connectivity index (χ1) is 10.8. The van der Waals surface area contributed by atoms with E-state index in [0.29, 0.717) is 17.7 Å². The second-order valence-corrected chi connectivity index (χ2v) is 5.85. The molecule has 2 aromatic carbocycles. The van der Waals surface area contributed by atoms with Crippen LogP contribution in [0.2, 0.25) is 0 Å². The van der Waals surface area contributed by atoms with E-state index in [0.717, 1.165) is 11.1 Å². The molecule has 0 heterocycles. The van der Waals surface area contributed by atoms with Gasteiger partial charge in [0.2, 0.25) is 0 Å². The van der Waals surface area contributed by atoms with Gasteiger partial charge >= 0.3 is 0 Å². The Labute approximate surface area is 135 Å². The first-order valence-electron chi connectivity index (χ1n) is 7.36. The van der Waals surface area contributed by atoms with Crippen LogP contribution in [0.1, 0.15) is 32.6 Å². The number of rotatable bonds is 4. The number of hydrogen-bond acceptors (Lipinski definition) is 3. The number of benzene rings is 2. The molecule has 0 N–H and O–H groups in total. The average Bonchev–Trinajstić information content (AvgIpc) is 2.49. The van der Waals surface area contributed by atoms with E-state index in [2.05, 4.69) is 6.07 Å². The van der Waals surface area contributed by atoms with Crippen LogP contribution < -0.4 is 0 Å². The number of nitro benzene ring substituents is 1. The molecule has 0 radical (unpaired) electrons. The van der Waals surface area contributed by atoms with Crippen molar-refractivity contribution in [2.75, 3.05) is 7.05 Å². The van der Waals surface area contributed by atoms with E-state index < -0.39 is 4.92 Å². The molecule has 0 bridgehead atoms. The van der Waals surface area contributed by atoms with E-state index in [4.69, 9.17) is 0 Å². The smallest absolute Gasteiger partial charge is 0.273 e. The normalized spacial score (nSPS) is 10.4. The molecular weight excluding hydrogens is 292 g/mol. The first-order valence-corrected chi connectivity index (χ1v) is 7.36. The number of carbonyl (C=O) groups is 1. The lowest BCUT2D eigenvalue weighted by molar-refractivity contribution is -0.385. The van der Waals surface area contributed by atoms with Crippen LogP contribution in [-0.4, -0.2) is 22.8 Å². The molecule has 0 unspecified atom stereocenters. The van der Waals surface area contributed by atoms with Gasteiger partial charge in [-0.1, -0.05) is 29.8 Å². The fourth-order valence-electron chi connectivity index (χ4n) is 2.51. The Morgan fingerprint density at radius 3 is 2.39 bits per heavy atom. The largest absolute Gasteiger partial charge is 0.337 e. The molecule has 0 spiro atoms. The Morgan fingerprint density at radius 1 is 1.09 bits per heavy atom. The molecule has 1 amide bonds. The van der Waals surface area contributed by atoms with E-state index in [1.54, 1.807) is 31.0 Å². The van der Waals surface area contributed by atoms with Crippen LogP contribution in [0.4, 0.5) is 5.69 Å². The number of carbonyl (C=O) groups excluding carboxylic acids is 1. The number of amides is 1. The predicted octanol–water partition coefficient (Wildman–Crippen LogP) is 3.79. The van der Waals surface area contributed by atoms with E-state index in [1.807, 2.05) is 26.0 Å². The van der Waals surface area contributed by atoms with Crippen LogP contribution in [0.25, 0.3) is 0 Å². The summed E-state index contributed by atoms with van der Waals surface area (Å²) in [5.41, 5.74) is 4.20. The molecular formula is C18H20N2O3. The Hall–Kier alpha value is -2.69. The van der Waals surface area contributed by atoms with Gasteiger partial charge in [-0.25, -0.2) is 0 Å². The lowest BCUT2D eigenvalue weighted by atomic mass is 10.0. The number of nitrogens with zero attached hydrogens (tertiary/aromatic N) is 2. The van der Waals surface area contributed by atoms with E-state index in [1.165, 1.54) is 11.6 Å². The van der Waals surface area contributed by atoms with E-state index in [-0.39, 0.29) is 11.6 Å². The van der Waals surface area contributed by atoms with Crippen LogP contribution in [0.5, 0.6) is 0 Å². The summed E-state index contributed by atoms with van der Waals surface area (Å²) in [5.74, 6) is -0.229. The average molecular weight is 312 g/mol. The minimum atomic E-state index is -0.462. The fraction of sp³-hybridized carbons (Fsp3) is 0.278. The number of nitro groups is 1. The highest BCUT2D eigenvalue weighted by Crippen LogP contribution is 2.21. The van der Waals surface area contributed by atoms with Crippen molar-refractivity contribution in [1.82, 2.24) is 4.90 Å². The second kappa shape index (κ2) is 6.60. The minimum Gasteiger partial charge on any atom is -0.337 e. The molecule has 0 saturated heterocycles. The van der Waals surface area contributed by atoms with Crippen LogP contribution in [0.3, 0.4) is 0 Å². The van der Waals surface area contributed by atoms with Gasteiger partial charge in [-0.2, -0.15) is 0 Å². The molecule has 0 aliphatic heterocycles. The predicted molar refractivity (Wildman–Crippen MR) is 89.5 cm³/mol. The minimum absolute atomic E-state index is 0.0317. The van der Waals surface area contributed by atoms with Gasteiger partial charge in [-0.05, 0) is 38.0 Å². The highest BCUT2D eigenvalue weighted by atomic mass is 16.6. The van der Waals surface area contributed by atoms with Crippen LogP contribution >= 0.6 is 0 Å². The summed E-state index contributed by atoms with van der Waals surface area (Å²) in [7, 11) is 1.70. The molecule has 0 fully saturated rings. The molecule has 0 atom stereocenters. The summed E-state index contributed by atoms with van der Waals surface area (Å²) < 4.78 is 0. The van der Waals surface area contributed by atoms with Crippen LogP contribution in [-0.2, 0) is 6.54 Å². The van der Waals surface area contributed by atoms with Gasteiger partial charge in [-0.3, -0.25) is 14.9 Å². The molecule has 0 aromatic heterocycles. The summed E-state index contributed by atoms with van der Waals surface area (Å²) in [6.45, 7) is 6.16. The third-order valence-corrected chi connectivity index (χ3v) is 3.91. The number of hydrogen-bond donors (Lipinski definition) is 0. The molecule has 2 aromatic rings. The van der Waals surface area contributed by atoms with Crippen molar-refractivity contribution in [3.05, 3.63) is 74.3 Å². The summed E-state index contributed by atoms with van der Waals surface area (Å²) in [4.78, 5) is 24.6. The lowest BCUT2D eigenvalue weighted by Crippen LogP contribution is -2.26. The zero-order valence-corrected chi connectivity index (χ0v) is 13.8. The molecule has 0 saturated carbocycles. The second-order valence-electron chi connectivity index (χ2n) is 5.85. The molecule has 23 heavy (non-hydrogen) atoms. The highest BCUT2D eigenvalue weighted by molar-refractivity contribution is 5.94. The van der Waals surface area contributed by atoms with Gasteiger partial charge in [0, 0.05) is 30.8 Å². The van der Waals surface area contributed by atoms with E-state index in [9.17, 15) is 14.9 Å². The monoisotopic (exact) mass is 312 g/mol. The van der Waals surface area contributed by atoms with Gasteiger partial charge in [-0.15, -0.1) is 0 Å². The summed E-state index contributed by atoms with van der Waals surface area (Å²) in [6, 6.07) is 10.7. The lowest BCUT2D eigenvalue weighted by Gasteiger charge is -2.19. The summed E-state index contributed by atoms with van der Waals surface area (Å²) in [6.07, 6.45) is 0. The van der Waals surface area contributed by atoms with Gasteiger partial charge in [0.15, 0.2) is 0 Å². The topological polar surface area (TPSA) is 63.5 Å². The SMILES string of the molecule is Cc1ccc(CN(C)C(=O)c2ccc(C)c([N+](=O)[O-])c2)c(C)c1. The molecule has 5 nitrogen and oxygen atoms in total. The standard InChI is InChI=1S/C18H20N2O3/c1-12-5-7-16(14(3)9-12)11-19(4)18(21)15-8-6-13(2)17(10-15)20(22)23/h5-10H,11H2,1-4H3. The van der Waals surface area contributed by atoms with Crippen molar-refractivity contribution in [1.29, 1.82) is 0 Å². The molecule has 0 aliphatic rings. The Kier molecular flexibility index (Phi) is 4.79. The first kappa shape index (κ1) is 16.7. The van der Waals surface area contributed by atoms with Gasteiger partial charge in [0.1, 0.15) is 0 Å². The fourth-order valence-corrected chi connectivity index (χ4v) is 2.51. The quantitative estimate of drug-likeness (QED) is 0.637. The number of aryl methyl sites for hydroxylation is 3. The molecule has 0 aliphatic carbocycles. The van der Waals surface area contributed by atoms with Crippen molar-refractivity contribution in [2.24, 2.45) is 0 Å². The van der Waals surface area contributed by atoms with Crippen molar-refractivity contribution in [3.63, 3.8) is 0 Å². The molecule has 120 valence electrons. The van der Waals surface area contributed by atoms with Gasteiger partial charge < -0.3 is 4.90 Å². The Balaban J connectivity index is 2.23. The van der Waals surface area contributed by atoms with E-state index >= 15 is 0 Å². The Morgan fingerprint density at radius 2 is 1.78 bits per heavy atom.